The number of amides is 2. The molecule has 0 atom stereocenters. The van der Waals surface area contributed by atoms with E-state index in [2.05, 4.69) is 15.8 Å². The lowest BCUT2D eigenvalue weighted by Crippen LogP contribution is -2.42. The topological polar surface area (TPSA) is 75.5 Å². The van der Waals surface area contributed by atoms with Crippen molar-refractivity contribution in [3.05, 3.63) is 35.3 Å². The summed E-state index contributed by atoms with van der Waals surface area (Å²) in [5.74, 6) is -1.13. The molecule has 2 aromatic heterocycles. The molecule has 0 aliphatic rings. The number of imidazole rings is 1. The standard InChI is InChI=1S/C12H13ClN4O2/c1-7-3-4-9-14-8(2)11(17(9)6-7)12(19)16-15-10(18)5-13/h3-4,6H,5H2,1-2H3,(H,15,18)(H,16,19). The van der Waals surface area contributed by atoms with Crippen LogP contribution < -0.4 is 10.9 Å². The second-order valence-corrected chi connectivity index (χ2v) is 4.38. The molecule has 0 unspecified atom stereocenters. The number of hydrogen-bond acceptors (Lipinski definition) is 3. The van der Waals surface area contributed by atoms with Crippen molar-refractivity contribution in [2.45, 2.75) is 13.8 Å². The van der Waals surface area contributed by atoms with Gasteiger partial charge in [-0.2, -0.15) is 0 Å². The number of hydrazine groups is 1. The zero-order valence-electron chi connectivity index (χ0n) is 10.5. The van der Waals surface area contributed by atoms with E-state index in [1.807, 2.05) is 25.3 Å². The number of aryl methyl sites for hydroxylation is 2. The van der Waals surface area contributed by atoms with E-state index in [9.17, 15) is 9.59 Å². The van der Waals surface area contributed by atoms with Gasteiger partial charge in [0, 0.05) is 6.20 Å². The average molecular weight is 281 g/mol. The summed E-state index contributed by atoms with van der Waals surface area (Å²) >= 11 is 5.33. The van der Waals surface area contributed by atoms with Crippen LogP contribution in [0.15, 0.2) is 18.3 Å². The lowest BCUT2D eigenvalue weighted by molar-refractivity contribution is -0.119. The number of rotatable bonds is 2. The SMILES string of the molecule is Cc1ccc2nc(C)c(C(=O)NNC(=O)CCl)n2c1. The molecule has 0 aliphatic carbocycles. The van der Waals surface area contributed by atoms with Crippen molar-refractivity contribution in [1.82, 2.24) is 20.2 Å². The number of hydrogen-bond donors (Lipinski definition) is 2. The summed E-state index contributed by atoms with van der Waals surface area (Å²) in [5.41, 5.74) is 7.17. The molecule has 0 saturated heterocycles. The Morgan fingerprint density at radius 3 is 2.74 bits per heavy atom. The van der Waals surface area contributed by atoms with Gasteiger partial charge in [0.05, 0.1) is 5.69 Å². The Bertz CT molecular complexity index is 650. The number of carbonyl (C=O) groups excluding carboxylic acids is 2. The van der Waals surface area contributed by atoms with E-state index < -0.39 is 11.8 Å². The van der Waals surface area contributed by atoms with Crippen LogP contribution in [0, 0.1) is 13.8 Å². The van der Waals surface area contributed by atoms with Crippen LogP contribution in [0.3, 0.4) is 0 Å². The van der Waals surface area contributed by atoms with Gasteiger partial charge in [0.15, 0.2) is 0 Å². The zero-order valence-corrected chi connectivity index (χ0v) is 11.3. The second kappa shape index (κ2) is 5.27. The van der Waals surface area contributed by atoms with Crippen molar-refractivity contribution >= 4 is 29.1 Å². The first-order valence-electron chi connectivity index (χ1n) is 5.63. The fourth-order valence-electron chi connectivity index (χ4n) is 1.76. The maximum absolute atomic E-state index is 12.0. The van der Waals surface area contributed by atoms with E-state index in [4.69, 9.17) is 11.6 Å². The molecule has 2 heterocycles. The number of halogens is 1. The number of pyridine rings is 1. The Balaban J connectivity index is 2.33. The van der Waals surface area contributed by atoms with Gasteiger partial charge in [-0.1, -0.05) is 6.07 Å². The highest BCUT2D eigenvalue weighted by atomic mass is 35.5. The van der Waals surface area contributed by atoms with Gasteiger partial charge in [0.2, 0.25) is 0 Å². The summed E-state index contributed by atoms with van der Waals surface area (Å²) < 4.78 is 1.69. The molecule has 2 rings (SSSR count). The third-order valence-electron chi connectivity index (χ3n) is 2.59. The Morgan fingerprint density at radius 2 is 2.05 bits per heavy atom. The van der Waals surface area contributed by atoms with E-state index >= 15 is 0 Å². The van der Waals surface area contributed by atoms with Crippen LogP contribution in [-0.4, -0.2) is 27.1 Å². The normalized spacial score (nSPS) is 10.5. The summed E-state index contributed by atoms with van der Waals surface area (Å²) in [6.07, 6.45) is 1.81. The van der Waals surface area contributed by atoms with Crippen LogP contribution in [0.5, 0.6) is 0 Å². The third kappa shape index (κ3) is 2.68. The number of aromatic nitrogens is 2. The molecule has 0 fully saturated rings. The molecule has 2 amide bonds. The Hall–Kier alpha value is -2.08. The van der Waals surface area contributed by atoms with Gasteiger partial charge in [0.1, 0.15) is 17.2 Å². The number of nitrogens with zero attached hydrogens (tertiary/aromatic N) is 2. The van der Waals surface area contributed by atoms with E-state index in [0.717, 1.165) is 5.56 Å². The predicted molar refractivity (Wildman–Crippen MR) is 71.0 cm³/mol. The minimum Gasteiger partial charge on any atom is -0.295 e. The van der Waals surface area contributed by atoms with Crippen molar-refractivity contribution < 1.29 is 9.59 Å². The highest BCUT2D eigenvalue weighted by Gasteiger charge is 2.16. The molecule has 100 valence electrons. The highest BCUT2D eigenvalue weighted by Crippen LogP contribution is 2.13. The van der Waals surface area contributed by atoms with Gasteiger partial charge >= 0.3 is 0 Å². The molecule has 2 aromatic rings. The smallest absolute Gasteiger partial charge is 0.288 e. The summed E-state index contributed by atoms with van der Waals surface area (Å²) in [6, 6.07) is 3.75. The average Bonchev–Trinajstić information content (AvgIpc) is 2.70. The largest absolute Gasteiger partial charge is 0.295 e. The first kappa shape index (κ1) is 13.4. The van der Waals surface area contributed by atoms with Gasteiger partial charge in [-0.15, -0.1) is 11.6 Å². The number of carbonyl (C=O) groups is 2. The van der Waals surface area contributed by atoms with Crippen LogP contribution >= 0.6 is 11.6 Å². The Morgan fingerprint density at radius 1 is 1.32 bits per heavy atom. The minimum atomic E-state index is -0.474. The lowest BCUT2D eigenvalue weighted by Gasteiger charge is -2.06. The number of alkyl halides is 1. The van der Waals surface area contributed by atoms with E-state index in [0.29, 0.717) is 17.0 Å². The number of nitrogens with one attached hydrogen (secondary N) is 2. The summed E-state index contributed by atoms with van der Waals surface area (Å²) in [4.78, 5) is 27.3. The molecular weight excluding hydrogens is 268 g/mol. The molecular formula is C12H13ClN4O2. The maximum Gasteiger partial charge on any atom is 0.288 e. The molecule has 0 radical (unpaired) electrons. The summed E-state index contributed by atoms with van der Waals surface area (Å²) in [7, 11) is 0. The molecule has 0 saturated carbocycles. The highest BCUT2D eigenvalue weighted by molar-refractivity contribution is 6.27. The second-order valence-electron chi connectivity index (χ2n) is 4.12. The van der Waals surface area contributed by atoms with Gasteiger partial charge in [0.25, 0.3) is 11.8 Å². The molecule has 7 heteroatoms. The van der Waals surface area contributed by atoms with E-state index in [-0.39, 0.29) is 5.88 Å². The third-order valence-corrected chi connectivity index (χ3v) is 2.84. The van der Waals surface area contributed by atoms with Crippen molar-refractivity contribution in [1.29, 1.82) is 0 Å². The Labute approximate surface area is 114 Å². The zero-order chi connectivity index (χ0) is 14.0. The maximum atomic E-state index is 12.0. The lowest BCUT2D eigenvalue weighted by atomic mass is 10.3. The molecule has 0 aromatic carbocycles. The van der Waals surface area contributed by atoms with E-state index in [1.165, 1.54) is 0 Å². The quantitative estimate of drug-likeness (QED) is 0.635. The first-order valence-corrected chi connectivity index (χ1v) is 6.17. The first-order chi connectivity index (χ1) is 9.02. The molecule has 0 bridgehead atoms. The van der Waals surface area contributed by atoms with Crippen LogP contribution in [0.4, 0.5) is 0 Å². The van der Waals surface area contributed by atoms with Gasteiger partial charge < -0.3 is 0 Å². The van der Waals surface area contributed by atoms with Gasteiger partial charge in [-0.25, -0.2) is 4.98 Å². The predicted octanol–water partition coefficient (Wildman–Crippen LogP) is 0.951. The molecule has 0 spiro atoms. The van der Waals surface area contributed by atoms with Crippen molar-refractivity contribution in [3.63, 3.8) is 0 Å². The van der Waals surface area contributed by atoms with Crippen LogP contribution in [0.25, 0.3) is 5.65 Å². The van der Waals surface area contributed by atoms with Crippen LogP contribution in [0.1, 0.15) is 21.7 Å². The number of fused-ring (bicyclic) bond motifs is 1. The summed E-state index contributed by atoms with van der Waals surface area (Å²) in [6.45, 7) is 3.66. The van der Waals surface area contributed by atoms with Gasteiger partial charge in [-0.05, 0) is 25.5 Å². The van der Waals surface area contributed by atoms with Crippen molar-refractivity contribution in [3.8, 4) is 0 Å². The monoisotopic (exact) mass is 280 g/mol. The molecule has 2 N–H and O–H groups in total. The minimum absolute atomic E-state index is 0.217. The van der Waals surface area contributed by atoms with Crippen LogP contribution in [0.2, 0.25) is 0 Å². The molecule has 19 heavy (non-hydrogen) atoms. The Kier molecular flexibility index (Phi) is 3.71. The van der Waals surface area contributed by atoms with E-state index in [1.54, 1.807) is 11.3 Å². The molecule has 6 nitrogen and oxygen atoms in total. The summed E-state index contributed by atoms with van der Waals surface area (Å²) in [5, 5.41) is 0. The fourth-order valence-corrected chi connectivity index (χ4v) is 1.83. The van der Waals surface area contributed by atoms with Crippen molar-refractivity contribution in [2.75, 3.05) is 5.88 Å². The van der Waals surface area contributed by atoms with Crippen molar-refractivity contribution in [2.24, 2.45) is 0 Å². The van der Waals surface area contributed by atoms with Gasteiger partial charge in [-0.3, -0.25) is 24.8 Å². The fraction of sp³-hybridized carbons (Fsp3) is 0.250. The molecule has 0 aliphatic heterocycles. The van der Waals surface area contributed by atoms with Crippen LogP contribution in [-0.2, 0) is 4.79 Å².